The number of rotatable bonds is 7. The molecule has 1 heterocycles. The van der Waals surface area contributed by atoms with Crippen LogP contribution in [0.4, 0.5) is 18.7 Å². The average Bonchev–Trinajstić information content (AvgIpc) is 3.09. The Balaban J connectivity index is 1.73. The van der Waals surface area contributed by atoms with E-state index in [2.05, 4.69) is 15.6 Å². The van der Waals surface area contributed by atoms with Gasteiger partial charge in [-0.3, -0.25) is 0 Å². The van der Waals surface area contributed by atoms with Crippen LogP contribution in [0.25, 0.3) is 10.4 Å². The first kappa shape index (κ1) is 24.7. The number of anilines is 1. The number of ether oxygens (including phenoxy) is 1. The molecule has 3 aromatic rings. The summed E-state index contributed by atoms with van der Waals surface area (Å²) in [7, 11) is 0. The largest absolute Gasteiger partial charge is 0.492 e. The van der Waals surface area contributed by atoms with Gasteiger partial charge in [-0.25, -0.2) is 13.6 Å². The number of hydrogen-bond donors (Lipinski definition) is 3. The Hall–Kier alpha value is -2.91. The van der Waals surface area contributed by atoms with Crippen LogP contribution in [0, 0.1) is 11.6 Å². The van der Waals surface area contributed by atoms with Crippen LogP contribution >= 0.6 is 22.9 Å². The number of nitrogens with one attached hydrogen (secondary N) is 2. The molecule has 176 valence electrons. The molecule has 0 aliphatic rings. The minimum Gasteiger partial charge on any atom is -0.492 e. The molecule has 0 aliphatic heterocycles. The van der Waals surface area contributed by atoms with Gasteiger partial charge in [-0.05, 0) is 57.0 Å². The number of nitrogens with zero attached hydrogens (tertiary/aromatic N) is 1. The van der Waals surface area contributed by atoms with Crippen LogP contribution in [0.5, 0.6) is 5.88 Å². The lowest BCUT2D eigenvalue weighted by Crippen LogP contribution is -2.43. The van der Waals surface area contributed by atoms with Crippen LogP contribution in [0.15, 0.2) is 42.5 Å². The second kappa shape index (κ2) is 10.4. The number of alkyl carbamates (subject to hydrolysis) is 1. The predicted octanol–water partition coefficient (Wildman–Crippen LogP) is 6.00. The number of carbonyl (C=O) groups excluding carboxylic acids is 1. The molecular formula is C23H24ClF2N3O3S. The highest BCUT2D eigenvalue weighted by atomic mass is 35.5. The zero-order valence-electron chi connectivity index (χ0n) is 18.3. The monoisotopic (exact) mass is 495 g/mol. The number of aromatic hydroxyl groups is 1. The van der Waals surface area contributed by atoms with Crippen molar-refractivity contribution >= 4 is 34.2 Å². The fourth-order valence-electron chi connectivity index (χ4n) is 2.98. The molecule has 0 fully saturated rings. The first-order chi connectivity index (χ1) is 15.5. The summed E-state index contributed by atoms with van der Waals surface area (Å²) >= 11 is 7.04. The summed E-state index contributed by atoms with van der Waals surface area (Å²) in [5.41, 5.74) is 0.608. The number of halogens is 3. The van der Waals surface area contributed by atoms with E-state index in [4.69, 9.17) is 16.3 Å². The van der Waals surface area contributed by atoms with Crippen molar-refractivity contribution in [1.29, 1.82) is 0 Å². The van der Waals surface area contributed by atoms with Crippen LogP contribution in [0.2, 0.25) is 5.02 Å². The summed E-state index contributed by atoms with van der Waals surface area (Å²) in [6, 6.07) is 10.2. The van der Waals surface area contributed by atoms with E-state index in [0.29, 0.717) is 27.0 Å². The molecule has 0 radical (unpaired) electrons. The molecule has 33 heavy (non-hydrogen) atoms. The summed E-state index contributed by atoms with van der Waals surface area (Å²) in [5, 5.41) is 17.1. The molecule has 0 spiro atoms. The van der Waals surface area contributed by atoms with Crippen molar-refractivity contribution in [3.63, 3.8) is 0 Å². The van der Waals surface area contributed by atoms with Crippen LogP contribution in [0.1, 0.15) is 26.3 Å². The van der Waals surface area contributed by atoms with Crippen LogP contribution in [-0.2, 0) is 11.2 Å². The maximum absolute atomic E-state index is 13.6. The minimum absolute atomic E-state index is 0.270. The molecule has 0 unspecified atom stereocenters. The van der Waals surface area contributed by atoms with Gasteiger partial charge in [-0.2, -0.15) is 4.98 Å². The SMILES string of the molecule is CC(C)(C)OC(=O)N[C@H](CNc1nc(O)c(-c2ccc(F)c(F)c2)s1)Cc1ccc(Cl)cc1. The molecule has 0 saturated carbocycles. The zero-order chi connectivity index (χ0) is 24.2. The molecule has 1 atom stereocenters. The Morgan fingerprint density at radius 2 is 1.88 bits per heavy atom. The lowest BCUT2D eigenvalue weighted by atomic mass is 10.1. The van der Waals surface area contributed by atoms with Crippen molar-refractivity contribution in [3.8, 4) is 16.3 Å². The van der Waals surface area contributed by atoms with E-state index in [-0.39, 0.29) is 18.5 Å². The first-order valence-electron chi connectivity index (χ1n) is 10.1. The van der Waals surface area contributed by atoms with Crippen molar-refractivity contribution < 1.29 is 23.4 Å². The zero-order valence-corrected chi connectivity index (χ0v) is 19.9. The number of carbonyl (C=O) groups is 1. The van der Waals surface area contributed by atoms with Gasteiger partial charge in [0.1, 0.15) is 5.60 Å². The normalized spacial score (nSPS) is 12.3. The molecule has 6 nitrogen and oxygen atoms in total. The molecule has 10 heteroatoms. The second-order valence-corrected chi connectivity index (χ2v) is 9.79. The van der Waals surface area contributed by atoms with Gasteiger partial charge in [-0.1, -0.05) is 41.1 Å². The van der Waals surface area contributed by atoms with Gasteiger partial charge in [-0.15, -0.1) is 0 Å². The van der Waals surface area contributed by atoms with Crippen molar-refractivity contribution in [3.05, 3.63) is 64.7 Å². The van der Waals surface area contributed by atoms with E-state index < -0.39 is 23.3 Å². The standard InChI is InChI=1S/C23H24ClF2N3O3S/c1-23(2,3)32-22(31)28-16(10-13-4-7-15(24)8-5-13)12-27-21-29-20(30)19(33-21)14-6-9-17(25)18(26)11-14/h4-9,11,16,30H,10,12H2,1-3H3,(H,27,29)(H,28,31)/t16-/m0/s1. The molecule has 0 aliphatic carbocycles. The van der Waals surface area contributed by atoms with Crippen LogP contribution in [0.3, 0.4) is 0 Å². The Kier molecular flexibility index (Phi) is 7.76. The summed E-state index contributed by atoms with van der Waals surface area (Å²) in [6.07, 6.45) is -0.0794. The van der Waals surface area contributed by atoms with Gasteiger partial charge >= 0.3 is 6.09 Å². The van der Waals surface area contributed by atoms with Gasteiger partial charge in [0.15, 0.2) is 16.8 Å². The van der Waals surface area contributed by atoms with Crippen molar-refractivity contribution in [1.82, 2.24) is 10.3 Å². The highest BCUT2D eigenvalue weighted by Crippen LogP contribution is 2.37. The molecule has 3 rings (SSSR count). The lowest BCUT2D eigenvalue weighted by Gasteiger charge is -2.24. The van der Waals surface area contributed by atoms with Gasteiger partial charge in [0, 0.05) is 17.1 Å². The van der Waals surface area contributed by atoms with Gasteiger partial charge in [0.05, 0.1) is 10.9 Å². The average molecular weight is 496 g/mol. The first-order valence-corrected chi connectivity index (χ1v) is 11.3. The maximum atomic E-state index is 13.6. The number of amides is 1. The fraction of sp³-hybridized carbons (Fsp3) is 0.304. The smallest absolute Gasteiger partial charge is 0.407 e. The third kappa shape index (κ3) is 7.30. The Morgan fingerprint density at radius 3 is 2.52 bits per heavy atom. The minimum atomic E-state index is -1.01. The number of hydrogen-bond acceptors (Lipinski definition) is 6. The molecule has 0 bridgehead atoms. The Bertz CT molecular complexity index is 1120. The second-order valence-electron chi connectivity index (χ2n) is 8.36. The third-order valence-electron chi connectivity index (χ3n) is 4.41. The van der Waals surface area contributed by atoms with Crippen LogP contribution in [-0.4, -0.2) is 34.4 Å². The van der Waals surface area contributed by atoms with E-state index in [1.165, 1.54) is 6.07 Å². The van der Waals surface area contributed by atoms with Crippen LogP contribution < -0.4 is 10.6 Å². The number of aromatic nitrogens is 1. The highest BCUT2D eigenvalue weighted by Gasteiger charge is 2.21. The van der Waals surface area contributed by atoms with E-state index >= 15 is 0 Å². The third-order valence-corrected chi connectivity index (χ3v) is 5.71. The summed E-state index contributed by atoms with van der Waals surface area (Å²) in [4.78, 5) is 16.7. The molecular weight excluding hydrogens is 472 g/mol. The van der Waals surface area contributed by atoms with Crippen molar-refractivity contribution in [2.45, 2.75) is 38.8 Å². The van der Waals surface area contributed by atoms with E-state index in [0.717, 1.165) is 29.0 Å². The Labute approximate surface area is 199 Å². The maximum Gasteiger partial charge on any atom is 0.407 e. The predicted molar refractivity (Wildman–Crippen MR) is 126 cm³/mol. The quantitative estimate of drug-likeness (QED) is 0.374. The fourth-order valence-corrected chi connectivity index (χ4v) is 3.97. The summed E-state index contributed by atoms with van der Waals surface area (Å²) in [6.45, 7) is 5.59. The topological polar surface area (TPSA) is 83.5 Å². The van der Waals surface area contributed by atoms with E-state index in [1.54, 1.807) is 32.9 Å². The van der Waals surface area contributed by atoms with Gasteiger partial charge in [0.2, 0.25) is 5.88 Å². The van der Waals surface area contributed by atoms with E-state index in [9.17, 15) is 18.7 Å². The molecule has 1 amide bonds. The summed E-state index contributed by atoms with van der Waals surface area (Å²) in [5.74, 6) is -2.29. The molecule has 2 aromatic carbocycles. The van der Waals surface area contributed by atoms with Gasteiger partial charge in [0.25, 0.3) is 0 Å². The molecule has 3 N–H and O–H groups in total. The Morgan fingerprint density at radius 1 is 1.18 bits per heavy atom. The lowest BCUT2D eigenvalue weighted by molar-refractivity contribution is 0.0507. The number of thiazole rings is 1. The van der Waals surface area contributed by atoms with E-state index in [1.807, 2.05) is 12.1 Å². The molecule has 0 saturated heterocycles. The summed E-state index contributed by atoms with van der Waals surface area (Å²) < 4.78 is 32.2. The number of benzene rings is 2. The van der Waals surface area contributed by atoms with Crippen molar-refractivity contribution in [2.75, 3.05) is 11.9 Å². The van der Waals surface area contributed by atoms with Crippen molar-refractivity contribution in [2.24, 2.45) is 0 Å². The highest BCUT2D eigenvalue weighted by molar-refractivity contribution is 7.19. The molecule has 1 aromatic heterocycles. The van der Waals surface area contributed by atoms with Gasteiger partial charge < -0.3 is 20.5 Å².